The maximum Gasteiger partial charge on any atom is 0.301 e. The van der Waals surface area contributed by atoms with Crippen LogP contribution in [0.3, 0.4) is 0 Å². The summed E-state index contributed by atoms with van der Waals surface area (Å²) in [5, 5.41) is 13.1. The molecule has 3 aromatic rings. The standard InChI is InChI=1S/C22H19N3O4S/c1-2-12-29-16-5-3-14(4-6-16)18-17(19(26)15-7-9-23-10-8-15)20(27)21(28)25(18)22-24-11-13-30-22/h3-11,13,18,26H,2,12H2,1H3. The molecule has 1 aromatic carbocycles. The SMILES string of the molecule is CCCOc1ccc(C2C(=C(O)c3ccncc3)C(=O)C(=O)N2c2nccs2)cc1. The minimum Gasteiger partial charge on any atom is -0.507 e. The van der Waals surface area contributed by atoms with E-state index < -0.39 is 17.7 Å². The molecule has 0 radical (unpaired) electrons. The Morgan fingerprint density at radius 1 is 1.13 bits per heavy atom. The second-order valence-electron chi connectivity index (χ2n) is 6.64. The van der Waals surface area contributed by atoms with Gasteiger partial charge in [-0.2, -0.15) is 0 Å². The fraction of sp³-hybridized carbons (Fsp3) is 0.182. The minimum atomic E-state index is -0.801. The molecular formula is C22H19N3O4S. The van der Waals surface area contributed by atoms with Gasteiger partial charge in [0.05, 0.1) is 18.2 Å². The molecule has 1 N–H and O–H groups in total. The third-order valence-corrected chi connectivity index (χ3v) is 5.46. The van der Waals surface area contributed by atoms with Crippen molar-refractivity contribution >= 4 is 33.9 Å². The maximum atomic E-state index is 12.9. The van der Waals surface area contributed by atoms with Gasteiger partial charge in [-0.15, -0.1) is 11.3 Å². The van der Waals surface area contributed by atoms with E-state index in [0.717, 1.165) is 6.42 Å². The van der Waals surface area contributed by atoms with Crippen molar-refractivity contribution in [2.75, 3.05) is 11.5 Å². The Morgan fingerprint density at radius 3 is 2.50 bits per heavy atom. The third-order valence-electron chi connectivity index (χ3n) is 4.69. The van der Waals surface area contributed by atoms with Crippen molar-refractivity contribution in [3.8, 4) is 5.75 Å². The lowest BCUT2D eigenvalue weighted by molar-refractivity contribution is -0.132. The number of pyridine rings is 1. The molecule has 8 heteroatoms. The van der Waals surface area contributed by atoms with Gasteiger partial charge in [0, 0.05) is 29.5 Å². The van der Waals surface area contributed by atoms with Crippen LogP contribution in [0, 0.1) is 0 Å². The number of aliphatic hydroxyl groups excluding tert-OH is 1. The summed E-state index contributed by atoms with van der Waals surface area (Å²) in [5.74, 6) is -1.03. The van der Waals surface area contributed by atoms with Crippen LogP contribution in [0.1, 0.15) is 30.5 Å². The summed E-state index contributed by atoms with van der Waals surface area (Å²) in [6, 6.07) is 9.54. The van der Waals surface area contributed by atoms with Gasteiger partial charge in [0.2, 0.25) is 0 Å². The minimum absolute atomic E-state index is 0.0172. The Balaban J connectivity index is 1.84. The normalized spacial score (nSPS) is 18.0. The number of Topliss-reactive ketones (excluding diaryl/α,β-unsaturated/α-hetero) is 1. The van der Waals surface area contributed by atoms with Crippen molar-refractivity contribution < 1.29 is 19.4 Å². The zero-order valence-corrected chi connectivity index (χ0v) is 17.0. The molecule has 4 rings (SSSR count). The summed E-state index contributed by atoms with van der Waals surface area (Å²) in [6.07, 6.45) is 5.49. The number of carbonyl (C=O) groups is 2. The largest absolute Gasteiger partial charge is 0.507 e. The Bertz CT molecular complexity index is 1080. The summed E-state index contributed by atoms with van der Waals surface area (Å²) in [4.78, 5) is 35.3. The number of amides is 1. The molecule has 1 aliphatic rings. The molecule has 1 unspecified atom stereocenters. The molecule has 3 heterocycles. The lowest BCUT2D eigenvalue weighted by Gasteiger charge is -2.23. The first-order valence-corrected chi connectivity index (χ1v) is 10.3. The van der Waals surface area contributed by atoms with E-state index in [1.807, 2.05) is 6.92 Å². The summed E-state index contributed by atoms with van der Waals surface area (Å²) < 4.78 is 5.63. The Hall–Kier alpha value is -3.52. The fourth-order valence-corrected chi connectivity index (χ4v) is 3.98. The first kappa shape index (κ1) is 19.8. The van der Waals surface area contributed by atoms with Crippen molar-refractivity contribution in [1.29, 1.82) is 0 Å². The number of carbonyl (C=O) groups excluding carboxylic acids is 2. The van der Waals surface area contributed by atoms with Crippen molar-refractivity contribution in [2.45, 2.75) is 19.4 Å². The second kappa shape index (κ2) is 8.46. The van der Waals surface area contributed by atoms with Gasteiger partial charge in [0.15, 0.2) is 5.13 Å². The average molecular weight is 421 g/mol. The Morgan fingerprint density at radius 2 is 1.87 bits per heavy atom. The molecule has 0 saturated carbocycles. The number of nitrogens with zero attached hydrogens (tertiary/aromatic N) is 3. The van der Waals surface area contributed by atoms with Crippen LogP contribution in [0.5, 0.6) is 5.75 Å². The molecule has 1 saturated heterocycles. The lowest BCUT2D eigenvalue weighted by atomic mass is 9.95. The van der Waals surface area contributed by atoms with E-state index in [9.17, 15) is 14.7 Å². The van der Waals surface area contributed by atoms with Gasteiger partial charge in [-0.05, 0) is 36.2 Å². The molecule has 2 aromatic heterocycles. The van der Waals surface area contributed by atoms with E-state index in [1.54, 1.807) is 48.0 Å². The van der Waals surface area contributed by atoms with Crippen molar-refractivity contribution in [1.82, 2.24) is 9.97 Å². The highest BCUT2D eigenvalue weighted by atomic mass is 32.1. The summed E-state index contributed by atoms with van der Waals surface area (Å²) in [7, 11) is 0. The molecule has 1 atom stereocenters. The number of aromatic nitrogens is 2. The third kappa shape index (κ3) is 3.57. The highest BCUT2D eigenvalue weighted by molar-refractivity contribution is 7.14. The van der Waals surface area contributed by atoms with Crippen LogP contribution < -0.4 is 9.64 Å². The van der Waals surface area contributed by atoms with Crippen LogP contribution in [0.2, 0.25) is 0 Å². The van der Waals surface area contributed by atoms with E-state index in [2.05, 4.69) is 9.97 Å². The Kier molecular flexibility index (Phi) is 5.58. The van der Waals surface area contributed by atoms with E-state index in [4.69, 9.17) is 4.74 Å². The van der Waals surface area contributed by atoms with Gasteiger partial charge >= 0.3 is 5.91 Å². The number of thiazole rings is 1. The van der Waals surface area contributed by atoms with Crippen LogP contribution in [-0.4, -0.2) is 33.4 Å². The molecule has 0 spiro atoms. The van der Waals surface area contributed by atoms with Crippen LogP contribution in [0.4, 0.5) is 5.13 Å². The zero-order chi connectivity index (χ0) is 21.1. The van der Waals surface area contributed by atoms with Gasteiger partial charge in [-0.25, -0.2) is 4.98 Å². The second-order valence-corrected chi connectivity index (χ2v) is 7.51. The van der Waals surface area contributed by atoms with Crippen LogP contribution in [0.15, 0.2) is 65.9 Å². The van der Waals surface area contributed by atoms with Crippen molar-refractivity contribution in [3.05, 3.63) is 77.1 Å². The molecule has 1 fully saturated rings. The lowest BCUT2D eigenvalue weighted by Crippen LogP contribution is -2.29. The van der Waals surface area contributed by atoms with Crippen LogP contribution >= 0.6 is 11.3 Å². The van der Waals surface area contributed by atoms with Gasteiger partial charge in [-0.1, -0.05) is 19.1 Å². The first-order valence-electron chi connectivity index (χ1n) is 9.45. The molecule has 1 amide bonds. The maximum absolute atomic E-state index is 12.9. The highest BCUT2D eigenvalue weighted by Gasteiger charge is 2.47. The molecule has 7 nitrogen and oxygen atoms in total. The van der Waals surface area contributed by atoms with Crippen LogP contribution in [-0.2, 0) is 9.59 Å². The number of aliphatic hydroxyl groups is 1. The number of ketones is 1. The van der Waals surface area contributed by atoms with Crippen molar-refractivity contribution in [3.63, 3.8) is 0 Å². The molecule has 0 aliphatic carbocycles. The van der Waals surface area contributed by atoms with Gasteiger partial charge in [0.1, 0.15) is 11.5 Å². The number of benzene rings is 1. The first-order chi connectivity index (χ1) is 14.6. The molecular weight excluding hydrogens is 402 g/mol. The zero-order valence-electron chi connectivity index (χ0n) is 16.2. The quantitative estimate of drug-likeness (QED) is 0.368. The van der Waals surface area contributed by atoms with Gasteiger partial charge in [-0.3, -0.25) is 19.5 Å². The molecule has 0 bridgehead atoms. The summed E-state index contributed by atoms with van der Waals surface area (Å²) in [5.41, 5.74) is 1.10. The number of rotatable bonds is 6. The molecule has 1 aliphatic heterocycles. The van der Waals surface area contributed by atoms with Crippen molar-refractivity contribution in [2.24, 2.45) is 0 Å². The predicted molar refractivity (Wildman–Crippen MR) is 113 cm³/mol. The number of ether oxygens (including phenoxy) is 1. The van der Waals surface area contributed by atoms with E-state index in [1.165, 1.54) is 28.6 Å². The fourth-order valence-electron chi connectivity index (χ4n) is 3.31. The van der Waals surface area contributed by atoms with Gasteiger partial charge in [0.25, 0.3) is 5.78 Å². The van der Waals surface area contributed by atoms with Gasteiger partial charge < -0.3 is 9.84 Å². The van der Waals surface area contributed by atoms with E-state index >= 15 is 0 Å². The average Bonchev–Trinajstić information content (AvgIpc) is 3.40. The van der Waals surface area contributed by atoms with E-state index in [0.29, 0.717) is 28.6 Å². The summed E-state index contributed by atoms with van der Waals surface area (Å²) >= 11 is 1.25. The molecule has 152 valence electrons. The Labute approximate surface area is 177 Å². The monoisotopic (exact) mass is 421 g/mol. The van der Waals surface area contributed by atoms with E-state index in [-0.39, 0.29) is 11.3 Å². The number of hydrogen-bond acceptors (Lipinski definition) is 7. The number of anilines is 1. The summed E-state index contributed by atoms with van der Waals surface area (Å²) in [6.45, 7) is 2.62. The predicted octanol–water partition coefficient (Wildman–Crippen LogP) is 3.95. The topological polar surface area (TPSA) is 92.6 Å². The highest BCUT2D eigenvalue weighted by Crippen LogP contribution is 2.42. The molecule has 30 heavy (non-hydrogen) atoms. The smallest absolute Gasteiger partial charge is 0.301 e. The number of hydrogen-bond donors (Lipinski definition) is 1. The van der Waals surface area contributed by atoms with Crippen LogP contribution in [0.25, 0.3) is 5.76 Å².